The van der Waals surface area contributed by atoms with E-state index in [2.05, 4.69) is 25.9 Å². The van der Waals surface area contributed by atoms with Gasteiger partial charge in [-0.3, -0.25) is 20.2 Å². The Morgan fingerprint density at radius 1 is 1.03 bits per heavy atom. The molecule has 0 aliphatic carbocycles. The number of nitrogens with one attached hydrogen (secondary N) is 1. The number of benzene rings is 3. The maximum absolute atomic E-state index is 12.4. The van der Waals surface area contributed by atoms with Crippen LogP contribution < -0.4 is 14.3 Å². The van der Waals surface area contributed by atoms with Crippen molar-refractivity contribution in [1.29, 1.82) is 0 Å². The van der Waals surface area contributed by atoms with Crippen LogP contribution in [-0.2, 0) is 10.0 Å². The Bertz CT molecular complexity index is 1440. The number of non-ortho nitro benzene ring substituents is 1. The summed E-state index contributed by atoms with van der Waals surface area (Å²) in [5, 5.41) is 26.2. The maximum atomic E-state index is 12.4. The molecular formula is C22H19BrN4O8S. The number of hydrazone groups is 1. The third-order valence-corrected chi connectivity index (χ3v) is 6.44. The molecule has 36 heavy (non-hydrogen) atoms. The molecule has 3 aromatic rings. The molecule has 0 saturated carbocycles. The molecule has 0 spiro atoms. The fraction of sp³-hybridized carbons (Fsp3) is 0.136. The number of aryl methyl sites for hydroxylation is 1. The Kier molecular flexibility index (Phi) is 8.22. The van der Waals surface area contributed by atoms with Crippen molar-refractivity contribution in [1.82, 2.24) is 4.83 Å². The van der Waals surface area contributed by atoms with Crippen LogP contribution in [0.2, 0.25) is 0 Å². The van der Waals surface area contributed by atoms with Gasteiger partial charge in [0.1, 0.15) is 0 Å². The number of halogens is 1. The SMILES string of the molecule is CCOc1cc(/C=N\NS(=O)(=O)c2ccc(C)cc2)cc(Br)c1Oc1ccc([N+](=O)[O-])cc1[N+](=O)[O-]. The first-order chi connectivity index (χ1) is 17.0. The minimum atomic E-state index is -3.88. The van der Waals surface area contributed by atoms with Gasteiger partial charge in [-0.15, -0.1) is 0 Å². The largest absolute Gasteiger partial charge is 0.490 e. The fourth-order valence-electron chi connectivity index (χ4n) is 2.92. The van der Waals surface area contributed by atoms with Gasteiger partial charge in [-0.05, 0) is 65.7 Å². The molecule has 0 atom stereocenters. The van der Waals surface area contributed by atoms with Crippen molar-refractivity contribution in [2.45, 2.75) is 18.7 Å². The molecule has 188 valence electrons. The van der Waals surface area contributed by atoms with Gasteiger partial charge in [0.15, 0.2) is 11.5 Å². The molecule has 12 nitrogen and oxygen atoms in total. The highest BCUT2D eigenvalue weighted by Crippen LogP contribution is 2.42. The first-order valence-corrected chi connectivity index (χ1v) is 12.5. The summed E-state index contributed by atoms with van der Waals surface area (Å²) in [4.78, 5) is 23.1. The van der Waals surface area contributed by atoms with Crippen molar-refractivity contribution in [2.24, 2.45) is 5.10 Å². The van der Waals surface area contributed by atoms with Gasteiger partial charge < -0.3 is 9.47 Å². The number of ether oxygens (including phenoxy) is 2. The number of rotatable bonds is 10. The third-order valence-electron chi connectivity index (χ3n) is 4.61. The monoisotopic (exact) mass is 578 g/mol. The van der Waals surface area contributed by atoms with Gasteiger partial charge in [0.25, 0.3) is 15.7 Å². The van der Waals surface area contributed by atoms with E-state index in [4.69, 9.17) is 9.47 Å². The molecule has 0 bridgehead atoms. The molecule has 0 saturated heterocycles. The van der Waals surface area contributed by atoms with E-state index in [9.17, 15) is 28.6 Å². The van der Waals surface area contributed by atoms with Crippen LogP contribution in [0.4, 0.5) is 11.4 Å². The first-order valence-electron chi connectivity index (χ1n) is 10.2. The van der Waals surface area contributed by atoms with Crippen molar-refractivity contribution in [3.05, 3.63) is 90.4 Å². The zero-order chi connectivity index (χ0) is 26.5. The van der Waals surface area contributed by atoms with E-state index in [1.54, 1.807) is 19.1 Å². The Hall–Kier alpha value is -4.04. The number of nitro groups is 2. The first kappa shape index (κ1) is 26.6. The zero-order valence-corrected chi connectivity index (χ0v) is 21.3. The Labute approximate surface area is 214 Å². The van der Waals surface area contributed by atoms with Crippen LogP contribution in [0.1, 0.15) is 18.1 Å². The number of nitrogens with zero attached hydrogens (tertiary/aromatic N) is 3. The fourth-order valence-corrected chi connectivity index (χ4v) is 4.26. The molecule has 14 heteroatoms. The van der Waals surface area contributed by atoms with Gasteiger partial charge in [0.2, 0.25) is 5.75 Å². The van der Waals surface area contributed by atoms with Crippen LogP contribution in [0.15, 0.2) is 69.1 Å². The third kappa shape index (κ3) is 6.34. The lowest BCUT2D eigenvalue weighted by molar-refractivity contribution is -0.394. The van der Waals surface area contributed by atoms with Crippen LogP contribution in [0.5, 0.6) is 17.2 Å². The van der Waals surface area contributed by atoms with E-state index in [0.29, 0.717) is 10.0 Å². The van der Waals surface area contributed by atoms with Crippen molar-refractivity contribution in [3.63, 3.8) is 0 Å². The van der Waals surface area contributed by atoms with Crippen LogP contribution >= 0.6 is 15.9 Å². The number of sulfonamides is 1. The summed E-state index contributed by atoms with van der Waals surface area (Å²) >= 11 is 3.32. The molecule has 1 N–H and O–H groups in total. The Balaban J connectivity index is 1.90. The number of hydrogen-bond donors (Lipinski definition) is 1. The standard InChI is InChI=1S/C22H19BrN4O8S/c1-3-34-21-11-15(13-24-25-36(32,33)17-7-4-14(2)5-8-17)10-18(23)22(21)35-20-9-6-16(26(28)29)12-19(20)27(30)31/h4-13,25H,3H2,1-2H3/b24-13-. The normalized spacial score (nSPS) is 11.3. The van der Waals surface area contributed by atoms with Crippen molar-refractivity contribution in [3.8, 4) is 17.2 Å². The quantitative estimate of drug-likeness (QED) is 0.198. The molecule has 0 amide bonds. The van der Waals surface area contributed by atoms with Gasteiger partial charge in [-0.2, -0.15) is 13.5 Å². The van der Waals surface area contributed by atoms with E-state index < -0.39 is 31.2 Å². The molecule has 0 radical (unpaired) electrons. The van der Waals surface area contributed by atoms with E-state index in [1.165, 1.54) is 30.5 Å². The van der Waals surface area contributed by atoms with Gasteiger partial charge >= 0.3 is 5.69 Å². The molecule has 0 aromatic heterocycles. The van der Waals surface area contributed by atoms with Crippen LogP contribution in [-0.4, -0.2) is 31.1 Å². The highest BCUT2D eigenvalue weighted by molar-refractivity contribution is 9.10. The van der Waals surface area contributed by atoms with Gasteiger partial charge in [-0.1, -0.05) is 17.7 Å². The van der Waals surface area contributed by atoms with Gasteiger partial charge in [0.05, 0.1) is 38.1 Å². The molecule has 0 unspecified atom stereocenters. The maximum Gasteiger partial charge on any atom is 0.318 e. The average Bonchev–Trinajstić information content (AvgIpc) is 2.81. The van der Waals surface area contributed by atoms with Crippen molar-refractivity contribution in [2.75, 3.05) is 6.61 Å². The van der Waals surface area contributed by atoms with Crippen molar-refractivity contribution < 1.29 is 27.7 Å². The van der Waals surface area contributed by atoms with Gasteiger partial charge in [-0.25, -0.2) is 4.83 Å². The van der Waals surface area contributed by atoms with Crippen LogP contribution in [0.3, 0.4) is 0 Å². The lowest BCUT2D eigenvalue weighted by Gasteiger charge is -2.14. The van der Waals surface area contributed by atoms with E-state index in [0.717, 1.165) is 23.8 Å². The van der Waals surface area contributed by atoms with Gasteiger partial charge in [0, 0.05) is 6.07 Å². The minimum absolute atomic E-state index is 0.0508. The molecule has 3 aromatic carbocycles. The summed E-state index contributed by atoms with van der Waals surface area (Å²) in [7, 11) is -3.88. The average molecular weight is 579 g/mol. The molecule has 0 fully saturated rings. The molecular weight excluding hydrogens is 560 g/mol. The van der Waals surface area contributed by atoms with Crippen LogP contribution in [0, 0.1) is 27.2 Å². The minimum Gasteiger partial charge on any atom is -0.490 e. The molecule has 0 aliphatic rings. The topological polar surface area (TPSA) is 163 Å². The predicted molar refractivity (Wildman–Crippen MR) is 134 cm³/mol. The highest BCUT2D eigenvalue weighted by atomic mass is 79.9. The lowest BCUT2D eigenvalue weighted by Crippen LogP contribution is -2.18. The number of hydrogen-bond acceptors (Lipinski definition) is 9. The second-order valence-corrected chi connectivity index (χ2v) is 9.71. The zero-order valence-electron chi connectivity index (χ0n) is 18.9. The predicted octanol–water partition coefficient (Wildman–Crippen LogP) is 5.08. The summed E-state index contributed by atoms with van der Waals surface area (Å²) in [6.07, 6.45) is 1.25. The Morgan fingerprint density at radius 3 is 2.33 bits per heavy atom. The van der Waals surface area contributed by atoms with E-state index in [1.807, 2.05) is 6.92 Å². The summed E-state index contributed by atoms with van der Waals surface area (Å²) < 4.78 is 36.4. The summed E-state index contributed by atoms with van der Waals surface area (Å²) in [5.41, 5.74) is 0.266. The summed E-state index contributed by atoms with van der Waals surface area (Å²) in [5.74, 6) is 0.00749. The van der Waals surface area contributed by atoms with Crippen LogP contribution in [0.25, 0.3) is 0 Å². The highest BCUT2D eigenvalue weighted by Gasteiger charge is 2.23. The summed E-state index contributed by atoms with van der Waals surface area (Å²) in [6, 6.07) is 12.3. The lowest BCUT2D eigenvalue weighted by atomic mass is 10.2. The van der Waals surface area contributed by atoms with Crippen molar-refractivity contribution >= 4 is 43.5 Å². The van der Waals surface area contributed by atoms with E-state index >= 15 is 0 Å². The number of nitro benzene ring substituents is 2. The molecule has 0 heterocycles. The van der Waals surface area contributed by atoms with E-state index in [-0.39, 0.29) is 28.8 Å². The summed E-state index contributed by atoms with van der Waals surface area (Å²) in [6.45, 7) is 3.76. The molecule has 0 aliphatic heterocycles. The smallest absolute Gasteiger partial charge is 0.318 e. The Morgan fingerprint density at radius 2 is 1.72 bits per heavy atom. The molecule has 3 rings (SSSR count). The second-order valence-electron chi connectivity index (χ2n) is 7.20. The second kappa shape index (κ2) is 11.1.